The van der Waals surface area contributed by atoms with Gasteiger partial charge in [-0.05, 0) is 33.6 Å². The molecule has 7 heteroatoms. The Morgan fingerprint density at radius 2 is 1.95 bits per heavy atom. The highest BCUT2D eigenvalue weighted by Gasteiger charge is 2.32. The summed E-state index contributed by atoms with van der Waals surface area (Å²) in [6.07, 6.45) is 0.979. The van der Waals surface area contributed by atoms with Crippen molar-refractivity contribution in [3.63, 3.8) is 0 Å². The minimum atomic E-state index is -0.457. The van der Waals surface area contributed by atoms with Gasteiger partial charge in [0, 0.05) is 19.1 Å². The molecule has 0 aromatic carbocycles. The molecule has 6 nitrogen and oxygen atoms in total. The molecule has 1 fully saturated rings. The van der Waals surface area contributed by atoms with Crippen molar-refractivity contribution >= 4 is 24.2 Å². The molecule has 0 aromatic rings. The van der Waals surface area contributed by atoms with Crippen LogP contribution in [-0.2, 0) is 14.3 Å². The van der Waals surface area contributed by atoms with Gasteiger partial charge in [-0.25, -0.2) is 0 Å². The average molecular weight is 308 g/mol. The van der Waals surface area contributed by atoms with E-state index in [0.29, 0.717) is 13.0 Å². The summed E-state index contributed by atoms with van der Waals surface area (Å²) < 4.78 is 5.53. The highest BCUT2D eigenvalue weighted by atomic mass is 35.5. The van der Waals surface area contributed by atoms with E-state index in [9.17, 15) is 9.59 Å². The molecular weight excluding hydrogens is 282 g/mol. The number of amides is 2. The van der Waals surface area contributed by atoms with E-state index in [-0.39, 0.29) is 42.4 Å². The first-order chi connectivity index (χ1) is 8.73. The minimum Gasteiger partial charge on any atom is -0.364 e. The van der Waals surface area contributed by atoms with Gasteiger partial charge in [-0.1, -0.05) is 0 Å². The summed E-state index contributed by atoms with van der Waals surface area (Å²) in [5.41, 5.74) is 5.21. The predicted octanol–water partition coefficient (Wildman–Crippen LogP) is 0.288. The Morgan fingerprint density at radius 3 is 2.40 bits per heavy atom. The number of carbonyl (C=O) groups is 2. The lowest BCUT2D eigenvalue weighted by Crippen LogP contribution is -2.48. The van der Waals surface area contributed by atoms with Crippen LogP contribution in [0.3, 0.4) is 0 Å². The zero-order chi connectivity index (χ0) is 14.6. The maximum atomic E-state index is 12.1. The monoisotopic (exact) mass is 307 g/mol. The number of ether oxygens (including phenoxy) is 1. The quantitative estimate of drug-likeness (QED) is 0.782. The molecule has 1 saturated heterocycles. The summed E-state index contributed by atoms with van der Waals surface area (Å²) in [6.45, 7) is 6.18. The molecule has 0 saturated carbocycles. The molecule has 2 amide bonds. The highest BCUT2D eigenvalue weighted by Crippen LogP contribution is 2.20. The highest BCUT2D eigenvalue weighted by molar-refractivity contribution is 5.87. The van der Waals surface area contributed by atoms with E-state index in [2.05, 4.69) is 5.32 Å². The molecule has 3 N–H and O–H groups in total. The van der Waals surface area contributed by atoms with Crippen molar-refractivity contribution in [2.45, 2.75) is 51.4 Å². The zero-order valence-electron chi connectivity index (χ0n) is 12.6. The Hall–Kier alpha value is -0.850. The third kappa shape index (κ3) is 6.07. The summed E-state index contributed by atoms with van der Waals surface area (Å²) in [5, 5.41) is 2.82. The lowest BCUT2D eigenvalue weighted by atomic mass is 10.1. The number of carbonyl (C=O) groups excluding carboxylic acids is 2. The van der Waals surface area contributed by atoms with Crippen LogP contribution in [0.2, 0.25) is 0 Å². The van der Waals surface area contributed by atoms with Gasteiger partial charge in [0.05, 0.1) is 12.6 Å². The van der Waals surface area contributed by atoms with E-state index in [1.54, 1.807) is 7.05 Å². The van der Waals surface area contributed by atoms with Crippen molar-refractivity contribution in [3.8, 4) is 0 Å². The molecule has 118 valence electrons. The number of halogens is 1. The SMILES string of the molecule is CN(CC(=O)NC(C)(C)C)C(=O)[C@@H]1CC[C@H](CN)O1.Cl. The van der Waals surface area contributed by atoms with Gasteiger partial charge < -0.3 is 20.7 Å². The van der Waals surface area contributed by atoms with Crippen LogP contribution in [0.25, 0.3) is 0 Å². The maximum absolute atomic E-state index is 12.1. The van der Waals surface area contributed by atoms with E-state index in [1.807, 2.05) is 20.8 Å². The fraction of sp³-hybridized carbons (Fsp3) is 0.846. The minimum absolute atomic E-state index is 0. The Morgan fingerprint density at radius 1 is 1.35 bits per heavy atom. The first-order valence-electron chi connectivity index (χ1n) is 6.64. The smallest absolute Gasteiger partial charge is 0.251 e. The second-order valence-electron chi connectivity index (χ2n) is 6.05. The molecule has 1 rings (SSSR count). The molecule has 0 aliphatic carbocycles. The van der Waals surface area contributed by atoms with E-state index < -0.39 is 6.10 Å². The molecule has 1 aliphatic heterocycles. The summed E-state index contributed by atoms with van der Waals surface area (Å²) >= 11 is 0. The topological polar surface area (TPSA) is 84.7 Å². The van der Waals surface area contributed by atoms with Crippen LogP contribution in [0.4, 0.5) is 0 Å². The summed E-state index contributed by atoms with van der Waals surface area (Å²) in [4.78, 5) is 25.2. The number of rotatable bonds is 4. The maximum Gasteiger partial charge on any atom is 0.251 e. The number of hydrogen-bond acceptors (Lipinski definition) is 4. The van der Waals surface area contributed by atoms with E-state index in [0.717, 1.165) is 6.42 Å². The normalized spacial score (nSPS) is 22.1. The van der Waals surface area contributed by atoms with Crippen molar-refractivity contribution in [1.82, 2.24) is 10.2 Å². The van der Waals surface area contributed by atoms with Gasteiger partial charge >= 0.3 is 0 Å². The zero-order valence-corrected chi connectivity index (χ0v) is 13.5. The van der Waals surface area contributed by atoms with Crippen molar-refractivity contribution in [2.75, 3.05) is 20.1 Å². The van der Waals surface area contributed by atoms with Crippen LogP contribution in [0.15, 0.2) is 0 Å². The van der Waals surface area contributed by atoms with Crippen molar-refractivity contribution in [3.05, 3.63) is 0 Å². The van der Waals surface area contributed by atoms with Gasteiger partial charge in [0.25, 0.3) is 5.91 Å². The number of nitrogens with zero attached hydrogens (tertiary/aromatic N) is 1. The standard InChI is InChI=1S/C13H25N3O3.ClH/c1-13(2,3)15-11(17)8-16(4)12(18)10-6-5-9(7-14)19-10;/h9-10H,5-8,14H2,1-4H3,(H,15,17);1H/t9-,10+;/m1./s1. The Balaban J connectivity index is 0.00000361. The second-order valence-corrected chi connectivity index (χ2v) is 6.05. The largest absolute Gasteiger partial charge is 0.364 e. The van der Waals surface area contributed by atoms with Crippen molar-refractivity contribution in [1.29, 1.82) is 0 Å². The molecule has 2 atom stereocenters. The van der Waals surface area contributed by atoms with E-state index in [4.69, 9.17) is 10.5 Å². The molecule has 20 heavy (non-hydrogen) atoms. The average Bonchev–Trinajstić information content (AvgIpc) is 2.73. The van der Waals surface area contributed by atoms with Gasteiger partial charge in [-0.2, -0.15) is 0 Å². The van der Waals surface area contributed by atoms with Crippen LogP contribution in [0.1, 0.15) is 33.6 Å². The number of nitrogens with two attached hydrogens (primary N) is 1. The molecular formula is C13H26ClN3O3. The fourth-order valence-electron chi connectivity index (χ4n) is 2.06. The third-order valence-electron chi connectivity index (χ3n) is 2.92. The summed E-state index contributed by atoms with van der Waals surface area (Å²) in [5.74, 6) is -0.322. The first kappa shape index (κ1) is 19.1. The summed E-state index contributed by atoms with van der Waals surface area (Å²) in [7, 11) is 1.61. The number of hydrogen-bond donors (Lipinski definition) is 2. The van der Waals surface area contributed by atoms with Crippen LogP contribution < -0.4 is 11.1 Å². The number of likely N-dealkylation sites (N-methyl/N-ethyl adjacent to an activating group) is 1. The lowest BCUT2D eigenvalue weighted by Gasteiger charge is -2.24. The molecule has 1 heterocycles. The van der Waals surface area contributed by atoms with Crippen molar-refractivity contribution in [2.24, 2.45) is 5.73 Å². The Bertz CT molecular complexity index is 344. The van der Waals surface area contributed by atoms with Crippen LogP contribution >= 0.6 is 12.4 Å². The number of nitrogens with one attached hydrogen (secondary N) is 1. The Labute approximate surface area is 126 Å². The van der Waals surface area contributed by atoms with Gasteiger partial charge in [-0.15, -0.1) is 12.4 Å². The fourth-order valence-corrected chi connectivity index (χ4v) is 2.06. The van der Waals surface area contributed by atoms with E-state index >= 15 is 0 Å². The predicted molar refractivity (Wildman–Crippen MR) is 79.7 cm³/mol. The van der Waals surface area contributed by atoms with E-state index in [1.165, 1.54) is 4.90 Å². The molecule has 0 unspecified atom stereocenters. The molecule has 0 aromatic heterocycles. The molecule has 0 spiro atoms. The third-order valence-corrected chi connectivity index (χ3v) is 2.92. The van der Waals surface area contributed by atoms with Gasteiger partial charge in [0.1, 0.15) is 6.10 Å². The first-order valence-corrected chi connectivity index (χ1v) is 6.64. The molecule has 1 aliphatic rings. The van der Waals surface area contributed by atoms with Crippen LogP contribution in [0.5, 0.6) is 0 Å². The van der Waals surface area contributed by atoms with Gasteiger partial charge in [0.2, 0.25) is 5.91 Å². The van der Waals surface area contributed by atoms with Crippen molar-refractivity contribution < 1.29 is 14.3 Å². The second kappa shape index (κ2) is 7.81. The Kier molecular flexibility index (Phi) is 7.47. The lowest BCUT2D eigenvalue weighted by molar-refractivity contribution is -0.144. The molecule has 0 bridgehead atoms. The van der Waals surface area contributed by atoms with Crippen LogP contribution in [-0.4, -0.2) is 54.6 Å². The molecule has 0 radical (unpaired) electrons. The van der Waals surface area contributed by atoms with Gasteiger partial charge in [-0.3, -0.25) is 9.59 Å². The van der Waals surface area contributed by atoms with Gasteiger partial charge in [0.15, 0.2) is 0 Å². The van der Waals surface area contributed by atoms with Crippen LogP contribution in [0, 0.1) is 0 Å². The summed E-state index contributed by atoms with van der Waals surface area (Å²) in [6, 6.07) is 0.